The van der Waals surface area contributed by atoms with Crippen LogP contribution in [0.2, 0.25) is 0 Å². The van der Waals surface area contributed by atoms with E-state index in [2.05, 4.69) is 41.4 Å². The lowest BCUT2D eigenvalue weighted by atomic mass is 9.81. The molecule has 3 nitrogen and oxygen atoms in total. The molecule has 114 valence electrons. The third kappa shape index (κ3) is 2.84. The van der Waals surface area contributed by atoms with Crippen molar-refractivity contribution in [3.05, 3.63) is 35.4 Å². The molecule has 1 heterocycles. The minimum atomic E-state index is 0.0910. The number of benzene rings is 1. The number of fused-ring (bicyclic) bond motifs is 1. The highest BCUT2D eigenvalue weighted by atomic mass is 16.2. The molecule has 3 unspecified atom stereocenters. The van der Waals surface area contributed by atoms with Crippen LogP contribution in [0.25, 0.3) is 0 Å². The quantitative estimate of drug-likeness (QED) is 0.906. The summed E-state index contributed by atoms with van der Waals surface area (Å²) in [4.78, 5) is 15.1. The van der Waals surface area contributed by atoms with E-state index in [1.54, 1.807) is 0 Å². The summed E-state index contributed by atoms with van der Waals surface area (Å²) in [5.74, 6) is 0.975. The number of nitrogens with zero attached hydrogens (tertiary/aromatic N) is 1. The molecule has 2 aliphatic rings. The van der Waals surface area contributed by atoms with Gasteiger partial charge in [0.2, 0.25) is 5.91 Å². The molecule has 1 saturated heterocycles. The normalized spacial score (nSPS) is 29.0. The van der Waals surface area contributed by atoms with Gasteiger partial charge in [0.05, 0.1) is 5.92 Å². The molecule has 3 rings (SSSR count). The van der Waals surface area contributed by atoms with Gasteiger partial charge in [-0.1, -0.05) is 31.2 Å². The molecule has 0 aromatic heterocycles. The first-order valence-corrected chi connectivity index (χ1v) is 8.24. The maximum atomic E-state index is 13.0. The molecule has 0 bridgehead atoms. The molecule has 1 aliphatic heterocycles. The number of hydrogen-bond donors (Lipinski definition) is 1. The van der Waals surface area contributed by atoms with Crippen LogP contribution in [0, 0.1) is 5.92 Å². The van der Waals surface area contributed by atoms with Gasteiger partial charge < -0.3 is 10.2 Å². The number of carbonyl (C=O) groups is 1. The Morgan fingerprint density at radius 3 is 2.86 bits per heavy atom. The second-order valence-electron chi connectivity index (χ2n) is 6.59. The number of carbonyl (C=O) groups excluding carboxylic acids is 1. The summed E-state index contributed by atoms with van der Waals surface area (Å²) in [7, 11) is 2.02. The number of nitrogens with one attached hydrogen (secondary N) is 1. The van der Waals surface area contributed by atoms with Gasteiger partial charge in [-0.3, -0.25) is 4.79 Å². The van der Waals surface area contributed by atoms with Gasteiger partial charge in [0.25, 0.3) is 0 Å². The van der Waals surface area contributed by atoms with Crippen molar-refractivity contribution in [2.24, 2.45) is 5.92 Å². The smallest absolute Gasteiger partial charge is 0.230 e. The predicted octanol–water partition coefficient (Wildman–Crippen LogP) is 2.56. The topological polar surface area (TPSA) is 32.3 Å². The van der Waals surface area contributed by atoms with Crippen molar-refractivity contribution in [3.8, 4) is 0 Å². The fraction of sp³-hybridized carbons (Fsp3) is 0.611. The van der Waals surface area contributed by atoms with E-state index in [4.69, 9.17) is 0 Å². The first kappa shape index (κ1) is 14.6. The molecule has 0 radical (unpaired) electrons. The average molecular weight is 286 g/mol. The Hall–Kier alpha value is -1.35. The van der Waals surface area contributed by atoms with Crippen molar-refractivity contribution >= 4 is 5.91 Å². The Kier molecular flexibility index (Phi) is 4.29. The first-order chi connectivity index (χ1) is 10.2. The van der Waals surface area contributed by atoms with E-state index in [-0.39, 0.29) is 5.92 Å². The highest BCUT2D eigenvalue weighted by Gasteiger charge is 2.33. The van der Waals surface area contributed by atoms with E-state index in [0.29, 0.717) is 17.9 Å². The van der Waals surface area contributed by atoms with Crippen LogP contribution in [-0.2, 0) is 11.2 Å². The Morgan fingerprint density at radius 1 is 1.29 bits per heavy atom. The standard InChI is InChI=1S/C18H26N2O/c1-13-12-20(11-10-17(13)19-2)18(21)16-9-5-7-14-6-3-4-8-15(14)16/h3-4,6,8,13,16-17,19H,5,7,9-12H2,1-2H3. The van der Waals surface area contributed by atoms with Crippen molar-refractivity contribution in [1.29, 1.82) is 0 Å². The molecule has 1 N–H and O–H groups in total. The molecule has 1 amide bonds. The van der Waals surface area contributed by atoms with Crippen molar-refractivity contribution in [2.45, 2.75) is 44.6 Å². The van der Waals surface area contributed by atoms with E-state index in [9.17, 15) is 4.79 Å². The largest absolute Gasteiger partial charge is 0.342 e. The van der Waals surface area contributed by atoms with E-state index in [1.807, 2.05) is 7.05 Å². The summed E-state index contributed by atoms with van der Waals surface area (Å²) < 4.78 is 0. The Balaban J connectivity index is 1.75. The molecule has 3 atom stereocenters. The molecule has 1 aromatic rings. The molecule has 21 heavy (non-hydrogen) atoms. The summed E-state index contributed by atoms with van der Waals surface area (Å²) >= 11 is 0. The van der Waals surface area contributed by atoms with Gasteiger partial charge in [-0.2, -0.15) is 0 Å². The van der Waals surface area contributed by atoms with E-state index in [1.165, 1.54) is 11.1 Å². The van der Waals surface area contributed by atoms with E-state index >= 15 is 0 Å². The van der Waals surface area contributed by atoms with Gasteiger partial charge in [-0.25, -0.2) is 0 Å². The summed E-state index contributed by atoms with van der Waals surface area (Å²) in [6.07, 6.45) is 4.34. The van der Waals surface area contributed by atoms with Crippen LogP contribution in [-0.4, -0.2) is 37.0 Å². The minimum absolute atomic E-state index is 0.0910. The minimum Gasteiger partial charge on any atom is -0.342 e. The second kappa shape index (κ2) is 6.18. The van der Waals surface area contributed by atoms with Gasteiger partial charge in [0.15, 0.2) is 0 Å². The first-order valence-electron chi connectivity index (χ1n) is 8.24. The number of amides is 1. The van der Waals surface area contributed by atoms with Crippen LogP contribution in [0.4, 0.5) is 0 Å². The maximum absolute atomic E-state index is 13.0. The summed E-state index contributed by atoms with van der Waals surface area (Å²) in [6.45, 7) is 4.03. The lowest BCUT2D eigenvalue weighted by molar-refractivity contribution is -0.135. The van der Waals surface area contributed by atoms with Gasteiger partial charge in [0.1, 0.15) is 0 Å². The van der Waals surface area contributed by atoms with Crippen LogP contribution < -0.4 is 5.32 Å². The summed E-state index contributed by atoms with van der Waals surface area (Å²) in [5.41, 5.74) is 2.65. The number of rotatable bonds is 2. The van der Waals surface area contributed by atoms with Crippen LogP contribution in [0.3, 0.4) is 0 Å². The van der Waals surface area contributed by atoms with E-state index < -0.39 is 0 Å². The van der Waals surface area contributed by atoms with Crippen LogP contribution in [0.15, 0.2) is 24.3 Å². The van der Waals surface area contributed by atoms with Crippen molar-refractivity contribution in [3.63, 3.8) is 0 Å². The number of aryl methyl sites for hydroxylation is 1. The Labute approximate surface area is 127 Å². The predicted molar refractivity (Wildman–Crippen MR) is 85.3 cm³/mol. The van der Waals surface area contributed by atoms with Crippen molar-refractivity contribution in [2.75, 3.05) is 20.1 Å². The lowest BCUT2D eigenvalue weighted by Crippen LogP contribution is -2.50. The third-order valence-electron chi connectivity index (χ3n) is 5.26. The van der Waals surface area contributed by atoms with Gasteiger partial charge in [0, 0.05) is 19.1 Å². The van der Waals surface area contributed by atoms with Gasteiger partial charge in [-0.05, 0) is 49.8 Å². The summed E-state index contributed by atoms with van der Waals surface area (Å²) in [6, 6.07) is 9.05. The second-order valence-corrected chi connectivity index (χ2v) is 6.59. The molecule has 0 saturated carbocycles. The molecule has 3 heteroatoms. The van der Waals surface area contributed by atoms with Crippen LogP contribution in [0.5, 0.6) is 0 Å². The SMILES string of the molecule is CNC1CCN(C(=O)C2CCCc3ccccc32)CC1C. The van der Waals surface area contributed by atoms with Crippen LogP contribution in [0.1, 0.15) is 43.2 Å². The third-order valence-corrected chi connectivity index (χ3v) is 5.26. The highest BCUT2D eigenvalue weighted by Crippen LogP contribution is 2.33. The van der Waals surface area contributed by atoms with Gasteiger partial charge >= 0.3 is 0 Å². The zero-order chi connectivity index (χ0) is 14.8. The van der Waals surface area contributed by atoms with E-state index in [0.717, 1.165) is 38.8 Å². The fourth-order valence-corrected chi connectivity index (χ4v) is 4.01. The highest BCUT2D eigenvalue weighted by molar-refractivity contribution is 5.84. The van der Waals surface area contributed by atoms with Gasteiger partial charge in [-0.15, -0.1) is 0 Å². The van der Waals surface area contributed by atoms with Crippen molar-refractivity contribution in [1.82, 2.24) is 10.2 Å². The van der Waals surface area contributed by atoms with Crippen LogP contribution >= 0.6 is 0 Å². The number of hydrogen-bond acceptors (Lipinski definition) is 2. The Bertz CT molecular complexity index is 514. The maximum Gasteiger partial charge on any atom is 0.230 e. The summed E-state index contributed by atoms with van der Waals surface area (Å²) in [5, 5.41) is 3.37. The molecule has 1 aromatic carbocycles. The molecule has 1 aliphatic carbocycles. The molecular weight excluding hydrogens is 260 g/mol. The number of likely N-dealkylation sites (tertiary alicyclic amines) is 1. The molecule has 0 spiro atoms. The zero-order valence-corrected chi connectivity index (χ0v) is 13.1. The van der Waals surface area contributed by atoms with Crippen molar-refractivity contribution < 1.29 is 4.79 Å². The zero-order valence-electron chi connectivity index (χ0n) is 13.1. The average Bonchev–Trinajstić information content (AvgIpc) is 2.53. The fourth-order valence-electron chi connectivity index (χ4n) is 4.01. The molecular formula is C18H26N2O. The monoisotopic (exact) mass is 286 g/mol. The lowest BCUT2D eigenvalue weighted by Gasteiger charge is -2.39. The number of piperidine rings is 1. The molecule has 1 fully saturated rings. The Morgan fingerprint density at radius 2 is 2.10 bits per heavy atom.